The van der Waals surface area contributed by atoms with Gasteiger partial charge in [-0.15, -0.1) is 0 Å². The van der Waals surface area contributed by atoms with E-state index in [4.69, 9.17) is 14.2 Å². The predicted octanol–water partition coefficient (Wildman–Crippen LogP) is 2.19. The summed E-state index contributed by atoms with van der Waals surface area (Å²) in [7, 11) is 0. The van der Waals surface area contributed by atoms with Crippen LogP contribution in [-0.4, -0.2) is 49.3 Å². The van der Waals surface area contributed by atoms with Crippen molar-refractivity contribution in [1.82, 2.24) is 19.5 Å². The number of aromatic nitrogens is 4. The maximum atomic E-state index is 12.9. The highest BCUT2D eigenvalue weighted by Gasteiger charge is 2.54. The average molecular weight is 419 g/mol. The second-order valence-corrected chi connectivity index (χ2v) is 8.01. The van der Waals surface area contributed by atoms with E-state index in [9.17, 15) is 9.59 Å². The molecule has 0 bridgehead atoms. The lowest BCUT2D eigenvalue weighted by Crippen LogP contribution is -2.30. The summed E-state index contributed by atoms with van der Waals surface area (Å²) in [6, 6.07) is 6.65. The largest absolute Gasteiger partial charge is 0.469 e. The van der Waals surface area contributed by atoms with Crippen LogP contribution in [0.25, 0.3) is 11.2 Å². The molecule has 0 radical (unpaired) electrons. The Kier molecular flexibility index (Phi) is 3.49. The van der Waals surface area contributed by atoms with E-state index in [1.807, 2.05) is 13.8 Å². The monoisotopic (exact) mass is 419 g/mol. The fourth-order valence-electron chi connectivity index (χ4n) is 4.32. The number of anilines is 1. The number of imide groups is 1. The quantitative estimate of drug-likeness (QED) is 0.582. The molecule has 156 valence electrons. The van der Waals surface area contributed by atoms with Crippen LogP contribution in [0, 0.1) is 0 Å². The van der Waals surface area contributed by atoms with E-state index in [2.05, 4.69) is 21.5 Å². The maximum Gasteiger partial charge on any atom is 0.267 e. The van der Waals surface area contributed by atoms with Gasteiger partial charge in [0.15, 0.2) is 28.9 Å². The third-order valence-corrected chi connectivity index (χ3v) is 5.62. The molecule has 1 aromatic carbocycles. The minimum Gasteiger partial charge on any atom is -0.469 e. The van der Waals surface area contributed by atoms with E-state index >= 15 is 0 Å². The number of carbonyl (C=O) groups excluding carboxylic acids is 2. The molecule has 10 nitrogen and oxygen atoms in total. The van der Waals surface area contributed by atoms with Gasteiger partial charge in [-0.25, -0.2) is 19.9 Å². The first-order valence-corrected chi connectivity index (χ1v) is 9.72. The Hall–Kier alpha value is -3.63. The lowest BCUT2D eigenvalue weighted by molar-refractivity contribution is -0.173. The molecule has 2 aromatic heterocycles. The minimum absolute atomic E-state index is 0.118. The Bertz CT molecular complexity index is 1260. The molecule has 0 spiro atoms. The van der Waals surface area contributed by atoms with Crippen molar-refractivity contribution in [3.05, 3.63) is 60.4 Å². The Balaban J connectivity index is 1.44. The fourth-order valence-corrected chi connectivity index (χ4v) is 4.32. The zero-order valence-electron chi connectivity index (χ0n) is 16.7. The Morgan fingerprint density at radius 2 is 1.74 bits per heavy atom. The fraction of sp³-hybridized carbons (Fsp3) is 0.286. The first-order valence-electron chi connectivity index (χ1n) is 9.72. The summed E-state index contributed by atoms with van der Waals surface area (Å²) < 4.78 is 19.5. The van der Waals surface area contributed by atoms with Crippen LogP contribution in [0.4, 0.5) is 5.82 Å². The molecular weight excluding hydrogens is 402 g/mol. The number of rotatable bonds is 2. The molecule has 3 unspecified atom stereocenters. The summed E-state index contributed by atoms with van der Waals surface area (Å²) in [4.78, 5) is 39.8. The van der Waals surface area contributed by atoms with E-state index in [1.54, 1.807) is 28.8 Å². The van der Waals surface area contributed by atoms with Gasteiger partial charge >= 0.3 is 0 Å². The summed E-state index contributed by atoms with van der Waals surface area (Å²) in [5.74, 6) is -1.11. The van der Waals surface area contributed by atoms with Crippen molar-refractivity contribution in [2.24, 2.45) is 0 Å². The summed E-state index contributed by atoms with van der Waals surface area (Å²) in [5.41, 5.74) is 1.35. The highest BCUT2D eigenvalue weighted by Crippen LogP contribution is 2.45. The number of nitrogens with zero attached hydrogens (tertiary/aromatic N) is 5. The maximum absolute atomic E-state index is 12.9. The SMILES string of the molecule is C=C1OC(n2cnc3c(N4C(=O)c5ccccc5C4=O)ncnc32)C2OC(C)(C)OC12. The van der Waals surface area contributed by atoms with Crippen molar-refractivity contribution in [2.75, 3.05) is 4.90 Å². The third-order valence-electron chi connectivity index (χ3n) is 5.62. The van der Waals surface area contributed by atoms with Gasteiger partial charge in [-0.1, -0.05) is 18.7 Å². The first kappa shape index (κ1) is 18.2. The number of hydrogen-bond donors (Lipinski definition) is 0. The van der Waals surface area contributed by atoms with Crippen molar-refractivity contribution in [2.45, 2.75) is 38.1 Å². The summed E-state index contributed by atoms with van der Waals surface area (Å²) >= 11 is 0. The van der Waals surface area contributed by atoms with Crippen molar-refractivity contribution in [3.63, 3.8) is 0 Å². The van der Waals surface area contributed by atoms with Gasteiger partial charge in [0.05, 0.1) is 11.1 Å². The molecule has 3 aliphatic heterocycles. The van der Waals surface area contributed by atoms with Gasteiger partial charge in [0.2, 0.25) is 6.23 Å². The van der Waals surface area contributed by atoms with Crippen LogP contribution in [0.3, 0.4) is 0 Å². The summed E-state index contributed by atoms with van der Waals surface area (Å²) in [6.45, 7) is 7.58. The highest BCUT2D eigenvalue weighted by atomic mass is 16.8. The Labute approximate surface area is 176 Å². The van der Waals surface area contributed by atoms with Gasteiger partial charge < -0.3 is 14.2 Å². The smallest absolute Gasteiger partial charge is 0.267 e. The molecule has 2 amide bonds. The summed E-state index contributed by atoms with van der Waals surface area (Å²) in [5, 5.41) is 0. The standard InChI is InChI=1S/C21H17N5O5/c1-10-14-15(31-21(2,3)30-14)20(29-10)25-9-24-13-16(25)22-8-23-17(13)26-18(27)11-6-4-5-7-12(11)19(26)28/h4-9,14-15,20H,1H2,2-3H3. The molecule has 6 rings (SSSR count). The van der Waals surface area contributed by atoms with Crippen LogP contribution in [0.1, 0.15) is 40.8 Å². The molecule has 31 heavy (non-hydrogen) atoms. The number of carbonyl (C=O) groups is 2. The van der Waals surface area contributed by atoms with Crippen LogP contribution in [0.5, 0.6) is 0 Å². The van der Waals surface area contributed by atoms with Crippen LogP contribution in [0.2, 0.25) is 0 Å². The van der Waals surface area contributed by atoms with Crippen molar-refractivity contribution < 1.29 is 23.8 Å². The number of amides is 2. The van der Waals surface area contributed by atoms with Crippen LogP contribution in [-0.2, 0) is 14.2 Å². The number of hydrogen-bond acceptors (Lipinski definition) is 8. The van der Waals surface area contributed by atoms with Gasteiger partial charge in [0.25, 0.3) is 11.8 Å². The summed E-state index contributed by atoms with van der Waals surface area (Å²) in [6.07, 6.45) is 1.33. The van der Waals surface area contributed by atoms with Crippen LogP contribution in [0.15, 0.2) is 49.3 Å². The normalized spacial score (nSPS) is 26.5. The van der Waals surface area contributed by atoms with Crippen molar-refractivity contribution in [3.8, 4) is 0 Å². The first-order chi connectivity index (χ1) is 14.9. The van der Waals surface area contributed by atoms with Crippen molar-refractivity contribution in [1.29, 1.82) is 0 Å². The van der Waals surface area contributed by atoms with Crippen LogP contribution >= 0.6 is 0 Å². The number of benzene rings is 1. The molecule has 0 saturated carbocycles. The molecule has 2 fully saturated rings. The molecule has 0 aliphatic carbocycles. The van der Waals surface area contributed by atoms with E-state index in [-0.39, 0.29) is 5.82 Å². The van der Waals surface area contributed by atoms with Gasteiger partial charge in [0, 0.05) is 0 Å². The predicted molar refractivity (Wildman–Crippen MR) is 106 cm³/mol. The second kappa shape index (κ2) is 5.96. The van der Waals surface area contributed by atoms with Crippen LogP contribution < -0.4 is 4.90 Å². The van der Waals surface area contributed by atoms with E-state index < -0.39 is 36.0 Å². The Morgan fingerprint density at radius 1 is 1.03 bits per heavy atom. The second-order valence-electron chi connectivity index (χ2n) is 8.01. The molecule has 5 heterocycles. The zero-order chi connectivity index (χ0) is 21.5. The molecule has 3 atom stereocenters. The number of ether oxygens (including phenoxy) is 3. The molecule has 2 saturated heterocycles. The van der Waals surface area contributed by atoms with Gasteiger partial charge in [-0.2, -0.15) is 0 Å². The molecule has 3 aliphatic rings. The molecule has 10 heteroatoms. The molecule has 0 N–H and O–H groups in total. The van der Waals surface area contributed by atoms with Crippen molar-refractivity contribution >= 4 is 28.8 Å². The average Bonchev–Trinajstić information content (AvgIpc) is 3.45. The van der Waals surface area contributed by atoms with E-state index in [0.717, 1.165) is 4.90 Å². The van der Waals surface area contributed by atoms with E-state index in [1.165, 1.54) is 12.7 Å². The Morgan fingerprint density at radius 3 is 2.45 bits per heavy atom. The molecule has 3 aromatic rings. The third kappa shape index (κ3) is 2.42. The number of fused-ring (bicyclic) bond motifs is 3. The molecular formula is C21H17N5O5. The zero-order valence-corrected chi connectivity index (χ0v) is 16.7. The van der Waals surface area contributed by atoms with E-state index in [0.29, 0.717) is 28.0 Å². The van der Waals surface area contributed by atoms with Gasteiger partial charge in [0.1, 0.15) is 24.5 Å². The number of imidazole rings is 1. The topological polar surface area (TPSA) is 109 Å². The lowest BCUT2D eigenvalue weighted by atomic mass is 10.1. The lowest BCUT2D eigenvalue weighted by Gasteiger charge is -2.23. The van der Waals surface area contributed by atoms with Gasteiger partial charge in [-0.05, 0) is 26.0 Å². The highest BCUT2D eigenvalue weighted by molar-refractivity contribution is 6.35. The minimum atomic E-state index is -0.781. The van der Waals surface area contributed by atoms with Gasteiger partial charge in [-0.3, -0.25) is 14.2 Å².